The smallest absolute Gasteiger partial charge is 0.0697 e. The van der Waals surface area contributed by atoms with Crippen LogP contribution in [0.25, 0.3) is 0 Å². The Morgan fingerprint density at radius 2 is 2.00 bits per heavy atom. The standard InChI is InChI=1S/C10H20N2/c1-4-5-6-7-12-9-10(2,3)8-11/h12H,4-7,9H2,1-3H3. The van der Waals surface area contributed by atoms with E-state index in [4.69, 9.17) is 5.26 Å². The molecule has 0 rings (SSSR count). The van der Waals surface area contributed by atoms with Crippen LogP contribution in [-0.4, -0.2) is 13.1 Å². The quantitative estimate of drug-likeness (QED) is 0.618. The fourth-order valence-corrected chi connectivity index (χ4v) is 0.940. The SMILES string of the molecule is CCCCCNCC(C)(C)C#N. The summed E-state index contributed by atoms with van der Waals surface area (Å²) in [6.45, 7) is 7.95. The van der Waals surface area contributed by atoms with Crippen LogP contribution < -0.4 is 5.32 Å². The molecule has 0 spiro atoms. The number of hydrogen-bond donors (Lipinski definition) is 1. The summed E-state index contributed by atoms with van der Waals surface area (Å²) in [6, 6.07) is 2.27. The van der Waals surface area contributed by atoms with Crippen LogP contribution in [0.1, 0.15) is 40.0 Å². The molecule has 70 valence electrons. The Bertz CT molecular complexity index is 144. The highest BCUT2D eigenvalue weighted by atomic mass is 14.9. The molecule has 0 aromatic rings. The predicted octanol–water partition coefficient (Wildman–Crippen LogP) is 2.32. The third-order valence-corrected chi connectivity index (χ3v) is 1.83. The molecule has 0 atom stereocenters. The lowest BCUT2D eigenvalue weighted by atomic mass is 9.96. The van der Waals surface area contributed by atoms with Gasteiger partial charge in [0.1, 0.15) is 0 Å². The first-order valence-corrected chi connectivity index (χ1v) is 4.74. The van der Waals surface area contributed by atoms with Crippen LogP contribution in [0.3, 0.4) is 0 Å². The topological polar surface area (TPSA) is 35.8 Å². The maximum Gasteiger partial charge on any atom is 0.0697 e. The maximum atomic E-state index is 8.71. The Hall–Kier alpha value is -0.550. The van der Waals surface area contributed by atoms with Gasteiger partial charge in [0.2, 0.25) is 0 Å². The summed E-state index contributed by atoms with van der Waals surface area (Å²) < 4.78 is 0. The van der Waals surface area contributed by atoms with Gasteiger partial charge in [-0.05, 0) is 26.8 Å². The molecule has 0 aliphatic heterocycles. The summed E-state index contributed by atoms with van der Waals surface area (Å²) in [5, 5.41) is 12.0. The number of nitrogens with one attached hydrogen (secondary N) is 1. The summed E-state index contributed by atoms with van der Waals surface area (Å²) in [5.41, 5.74) is -0.216. The van der Waals surface area contributed by atoms with E-state index >= 15 is 0 Å². The lowest BCUT2D eigenvalue weighted by Gasteiger charge is -2.15. The van der Waals surface area contributed by atoms with Crippen LogP contribution in [0, 0.1) is 16.7 Å². The number of nitrogens with zero attached hydrogens (tertiary/aromatic N) is 1. The fraction of sp³-hybridized carbons (Fsp3) is 0.900. The minimum absolute atomic E-state index is 0.216. The van der Waals surface area contributed by atoms with Crippen LogP contribution in [-0.2, 0) is 0 Å². The average molecular weight is 168 g/mol. The predicted molar refractivity (Wildman–Crippen MR) is 51.8 cm³/mol. The summed E-state index contributed by atoms with van der Waals surface area (Å²) >= 11 is 0. The minimum atomic E-state index is -0.216. The molecule has 0 aromatic heterocycles. The van der Waals surface area contributed by atoms with Crippen molar-refractivity contribution in [2.24, 2.45) is 5.41 Å². The molecule has 0 amide bonds. The maximum absolute atomic E-state index is 8.71. The van der Waals surface area contributed by atoms with Crippen molar-refractivity contribution in [2.75, 3.05) is 13.1 Å². The van der Waals surface area contributed by atoms with E-state index < -0.39 is 0 Å². The molecule has 0 aromatic carbocycles. The van der Waals surface area contributed by atoms with Gasteiger partial charge in [-0.25, -0.2) is 0 Å². The molecule has 0 saturated heterocycles. The highest BCUT2D eigenvalue weighted by Gasteiger charge is 2.14. The summed E-state index contributed by atoms with van der Waals surface area (Å²) in [7, 11) is 0. The van der Waals surface area contributed by atoms with Crippen molar-refractivity contribution in [1.29, 1.82) is 5.26 Å². The first-order valence-electron chi connectivity index (χ1n) is 4.74. The second kappa shape index (κ2) is 6.02. The Balaban J connectivity index is 3.27. The van der Waals surface area contributed by atoms with E-state index in [0.717, 1.165) is 13.1 Å². The van der Waals surface area contributed by atoms with Crippen LogP contribution in [0.4, 0.5) is 0 Å². The van der Waals surface area contributed by atoms with Crippen LogP contribution in [0.15, 0.2) is 0 Å². The molecular formula is C10H20N2. The molecule has 0 bridgehead atoms. The summed E-state index contributed by atoms with van der Waals surface area (Å²) in [4.78, 5) is 0. The van der Waals surface area contributed by atoms with E-state index in [1.165, 1.54) is 19.3 Å². The Kier molecular flexibility index (Phi) is 5.74. The molecule has 0 aliphatic carbocycles. The number of hydrogen-bond acceptors (Lipinski definition) is 2. The van der Waals surface area contributed by atoms with Gasteiger partial charge in [0.05, 0.1) is 11.5 Å². The summed E-state index contributed by atoms with van der Waals surface area (Å²) in [5.74, 6) is 0. The van der Waals surface area contributed by atoms with Crippen LogP contribution >= 0.6 is 0 Å². The van der Waals surface area contributed by atoms with Crippen LogP contribution in [0.5, 0.6) is 0 Å². The average Bonchev–Trinajstić information content (AvgIpc) is 2.04. The molecule has 0 radical (unpaired) electrons. The van der Waals surface area contributed by atoms with E-state index in [1.54, 1.807) is 0 Å². The molecule has 12 heavy (non-hydrogen) atoms. The van der Waals surface area contributed by atoms with Crippen LogP contribution in [0.2, 0.25) is 0 Å². The second-order valence-corrected chi connectivity index (χ2v) is 3.88. The van der Waals surface area contributed by atoms with Gasteiger partial charge in [0, 0.05) is 6.54 Å². The lowest BCUT2D eigenvalue weighted by molar-refractivity contribution is 0.440. The van der Waals surface area contributed by atoms with Gasteiger partial charge in [-0.3, -0.25) is 0 Å². The molecule has 2 heteroatoms. The largest absolute Gasteiger partial charge is 0.315 e. The lowest BCUT2D eigenvalue weighted by Crippen LogP contribution is -2.28. The molecular weight excluding hydrogens is 148 g/mol. The first kappa shape index (κ1) is 11.4. The highest BCUT2D eigenvalue weighted by molar-refractivity contribution is 4.93. The van der Waals surface area contributed by atoms with Gasteiger partial charge in [-0.15, -0.1) is 0 Å². The van der Waals surface area contributed by atoms with Gasteiger partial charge in [0.15, 0.2) is 0 Å². The zero-order valence-corrected chi connectivity index (χ0v) is 8.48. The zero-order valence-electron chi connectivity index (χ0n) is 8.48. The molecule has 0 aliphatic rings. The monoisotopic (exact) mass is 168 g/mol. The van der Waals surface area contributed by atoms with Crippen molar-refractivity contribution in [3.8, 4) is 6.07 Å². The van der Waals surface area contributed by atoms with Crippen molar-refractivity contribution in [3.05, 3.63) is 0 Å². The first-order chi connectivity index (χ1) is 5.62. The molecule has 1 N–H and O–H groups in total. The van der Waals surface area contributed by atoms with Gasteiger partial charge in [0.25, 0.3) is 0 Å². The number of rotatable bonds is 6. The molecule has 0 heterocycles. The Morgan fingerprint density at radius 3 is 2.50 bits per heavy atom. The third-order valence-electron chi connectivity index (χ3n) is 1.83. The molecule has 2 nitrogen and oxygen atoms in total. The molecule has 0 saturated carbocycles. The number of unbranched alkanes of at least 4 members (excludes halogenated alkanes) is 2. The Morgan fingerprint density at radius 1 is 1.33 bits per heavy atom. The van der Waals surface area contributed by atoms with Gasteiger partial charge in [-0.1, -0.05) is 19.8 Å². The molecule has 0 unspecified atom stereocenters. The van der Waals surface area contributed by atoms with Crippen molar-refractivity contribution < 1.29 is 0 Å². The summed E-state index contributed by atoms with van der Waals surface area (Å²) in [6.07, 6.45) is 3.75. The minimum Gasteiger partial charge on any atom is -0.315 e. The van der Waals surface area contributed by atoms with E-state index in [2.05, 4.69) is 18.3 Å². The normalized spacial score (nSPS) is 11.2. The van der Waals surface area contributed by atoms with E-state index in [1.807, 2.05) is 13.8 Å². The van der Waals surface area contributed by atoms with Crippen molar-refractivity contribution in [1.82, 2.24) is 5.32 Å². The van der Waals surface area contributed by atoms with Gasteiger partial charge in [-0.2, -0.15) is 5.26 Å². The number of nitriles is 1. The molecule has 0 fully saturated rings. The Labute approximate surface area is 76.0 Å². The van der Waals surface area contributed by atoms with E-state index in [-0.39, 0.29) is 5.41 Å². The third kappa shape index (κ3) is 6.18. The highest BCUT2D eigenvalue weighted by Crippen LogP contribution is 2.10. The van der Waals surface area contributed by atoms with E-state index in [0.29, 0.717) is 0 Å². The van der Waals surface area contributed by atoms with Gasteiger partial charge >= 0.3 is 0 Å². The fourth-order valence-electron chi connectivity index (χ4n) is 0.940. The van der Waals surface area contributed by atoms with Gasteiger partial charge < -0.3 is 5.32 Å². The van der Waals surface area contributed by atoms with Crippen molar-refractivity contribution >= 4 is 0 Å². The second-order valence-electron chi connectivity index (χ2n) is 3.88. The van der Waals surface area contributed by atoms with E-state index in [9.17, 15) is 0 Å². The zero-order chi connectivity index (χ0) is 9.45. The van der Waals surface area contributed by atoms with Crippen molar-refractivity contribution in [2.45, 2.75) is 40.0 Å². The van der Waals surface area contributed by atoms with Crippen molar-refractivity contribution in [3.63, 3.8) is 0 Å².